The van der Waals surface area contributed by atoms with E-state index in [1.54, 1.807) is 21.3 Å². The molecular formula is C24H30N4O3. The minimum absolute atomic E-state index is 0.566. The molecule has 3 rings (SSSR count). The van der Waals surface area contributed by atoms with Crippen LogP contribution in [0.15, 0.2) is 36.4 Å². The van der Waals surface area contributed by atoms with Crippen molar-refractivity contribution < 1.29 is 14.2 Å². The van der Waals surface area contributed by atoms with E-state index in [4.69, 9.17) is 24.2 Å². The summed E-state index contributed by atoms with van der Waals surface area (Å²) in [6, 6.07) is 11.7. The molecule has 0 atom stereocenters. The third-order valence-electron chi connectivity index (χ3n) is 4.79. The molecular weight excluding hydrogens is 392 g/mol. The highest BCUT2D eigenvalue weighted by Gasteiger charge is 2.12. The van der Waals surface area contributed by atoms with E-state index in [1.807, 2.05) is 48.6 Å². The monoisotopic (exact) mass is 422 g/mol. The van der Waals surface area contributed by atoms with Crippen molar-refractivity contribution in [2.75, 3.05) is 53.8 Å². The van der Waals surface area contributed by atoms with Gasteiger partial charge in [-0.15, -0.1) is 0 Å². The Morgan fingerprint density at radius 1 is 0.903 bits per heavy atom. The van der Waals surface area contributed by atoms with Crippen LogP contribution in [0.4, 0.5) is 5.82 Å². The summed E-state index contributed by atoms with van der Waals surface area (Å²) < 4.78 is 16.3. The molecule has 0 fully saturated rings. The average Bonchev–Trinajstić information content (AvgIpc) is 2.79. The number of hydrogen-bond donors (Lipinski definition) is 1. The van der Waals surface area contributed by atoms with Gasteiger partial charge >= 0.3 is 0 Å². The van der Waals surface area contributed by atoms with E-state index < -0.39 is 0 Å². The van der Waals surface area contributed by atoms with Crippen molar-refractivity contribution in [2.24, 2.45) is 0 Å². The topological polar surface area (TPSA) is 68.7 Å². The van der Waals surface area contributed by atoms with Crippen molar-refractivity contribution in [3.8, 4) is 17.2 Å². The van der Waals surface area contributed by atoms with Gasteiger partial charge < -0.3 is 24.4 Å². The maximum Gasteiger partial charge on any atom is 0.203 e. The van der Waals surface area contributed by atoms with Gasteiger partial charge in [0.2, 0.25) is 5.75 Å². The fourth-order valence-electron chi connectivity index (χ4n) is 3.23. The van der Waals surface area contributed by atoms with Crippen LogP contribution in [0.3, 0.4) is 0 Å². The molecule has 0 aliphatic heterocycles. The van der Waals surface area contributed by atoms with Gasteiger partial charge in [0, 0.05) is 6.54 Å². The molecule has 7 heteroatoms. The maximum atomic E-state index is 5.45. The molecule has 0 saturated carbocycles. The van der Waals surface area contributed by atoms with Crippen LogP contribution in [0.2, 0.25) is 0 Å². The standard InChI is InChI=1S/C24H30N4O3/c1-28(2)14-8-13-25-24-20(26-18-9-6-7-10-19(18)27-24)12-11-17-15-21(29-3)23(31-5)22(16-17)30-4/h6-7,9-12,15-16H,8,13-14H2,1-5H3,(H,25,27)/b12-11+. The van der Waals surface area contributed by atoms with Gasteiger partial charge in [-0.3, -0.25) is 0 Å². The SMILES string of the molecule is COc1cc(/C=C/c2nc3ccccc3nc2NCCCN(C)C)cc(OC)c1OC. The van der Waals surface area contributed by atoms with Crippen molar-refractivity contribution in [2.45, 2.75) is 6.42 Å². The Labute approximate surface area is 183 Å². The molecule has 1 heterocycles. The zero-order chi connectivity index (χ0) is 22.2. The van der Waals surface area contributed by atoms with Crippen molar-refractivity contribution in [3.63, 3.8) is 0 Å². The first kappa shape index (κ1) is 22.4. The van der Waals surface area contributed by atoms with Crippen LogP contribution in [0.25, 0.3) is 23.2 Å². The van der Waals surface area contributed by atoms with E-state index in [-0.39, 0.29) is 0 Å². The molecule has 0 bridgehead atoms. The Morgan fingerprint density at radius 3 is 2.13 bits per heavy atom. The Bertz CT molecular complexity index is 1030. The number of benzene rings is 2. The molecule has 0 radical (unpaired) electrons. The molecule has 0 aliphatic carbocycles. The van der Waals surface area contributed by atoms with Crippen molar-refractivity contribution in [3.05, 3.63) is 47.7 Å². The lowest BCUT2D eigenvalue weighted by Crippen LogP contribution is -2.17. The van der Waals surface area contributed by atoms with Gasteiger partial charge in [0.15, 0.2) is 17.3 Å². The second-order valence-electron chi connectivity index (χ2n) is 7.32. The second-order valence-corrected chi connectivity index (χ2v) is 7.32. The van der Waals surface area contributed by atoms with Gasteiger partial charge in [-0.05, 0) is 63.0 Å². The predicted octanol–water partition coefficient (Wildman–Crippen LogP) is 4.19. The van der Waals surface area contributed by atoms with Crippen LogP contribution >= 0.6 is 0 Å². The molecule has 0 spiro atoms. The molecule has 0 aliphatic rings. The van der Waals surface area contributed by atoms with E-state index in [1.165, 1.54) is 0 Å². The van der Waals surface area contributed by atoms with Crippen LogP contribution < -0.4 is 19.5 Å². The molecule has 0 saturated heterocycles. The number of nitrogens with one attached hydrogen (secondary N) is 1. The summed E-state index contributed by atoms with van der Waals surface area (Å²) in [7, 11) is 8.95. The molecule has 1 aromatic heterocycles. The first-order chi connectivity index (χ1) is 15.0. The second kappa shape index (κ2) is 10.6. The number of anilines is 1. The first-order valence-corrected chi connectivity index (χ1v) is 10.2. The lowest BCUT2D eigenvalue weighted by Gasteiger charge is -2.13. The number of ether oxygens (including phenoxy) is 3. The van der Waals surface area contributed by atoms with E-state index in [0.29, 0.717) is 17.2 Å². The zero-order valence-corrected chi connectivity index (χ0v) is 18.8. The summed E-state index contributed by atoms with van der Waals surface area (Å²) in [6.45, 7) is 1.82. The summed E-state index contributed by atoms with van der Waals surface area (Å²) in [5, 5.41) is 3.44. The molecule has 0 unspecified atom stereocenters. The lowest BCUT2D eigenvalue weighted by molar-refractivity contribution is 0.324. The van der Waals surface area contributed by atoms with Gasteiger partial charge in [0.1, 0.15) is 5.69 Å². The highest BCUT2D eigenvalue weighted by Crippen LogP contribution is 2.38. The molecule has 164 valence electrons. The van der Waals surface area contributed by atoms with E-state index in [9.17, 15) is 0 Å². The predicted molar refractivity (Wildman–Crippen MR) is 126 cm³/mol. The smallest absolute Gasteiger partial charge is 0.203 e. The van der Waals surface area contributed by atoms with Gasteiger partial charge in [-0.2, -0.15) is 0 Å². The average molecular weight is 423 g/mol. The summed E-state index contributed by atoms with van der Waals surface area (Å²) >= 11 is 0. The molecule has 0 amide bonds. The van der Waals surface area contributed by atoms with E-state index >= 15 is 0 Å². The minimum Gasteiger partial charge on any atom is -0.493 e. The van der Waals surface area contributed by atoms with E-state index in [2.05, 4.69) is 24.3 Å². The number of hydrogen-bond acceptors (Lipinski definition) is 7. The minimum atomic E-state index is 0.566. The molecule has 7 nitrogen and oxygen atoms in total. The quantitative estimate of drug-likeness (QED) is 0.491. The zero-order valence-electron chi connectivity index (χ0n) is 18.8. The van der Waals surface area contributed by atoms with E-state index in [0.717, 1.165) is 47.6 Å². The number of nitrogens with zero attached hydrogens (tertiary/aromatic N) is 3. The van der Waals surface area contributed by atoms with Gasteiger partial charge in [-0.1, -0.05) is 18.2 Å². The van der Waals surface area contributed by atoms with Crippen LogP contribution in [0, 0.1) is 0 Å². The van der Waals surface area contributed by atoms with Crippen LogP contribution in [-0.4, -0.2) is 63.4 Å². The molecule has 31 heavy (non-hydrogen) atoms. The highest BCUT2D eigenvalue weighted by atomic mass is 16.5. The number of methoxy groups -OCH3 is 3. The third kappa shape index (κ3) is 5.64. The Balaban J connectivity index is 1.93. The van der Waals surface area contributed by atoms with Gasteiger partial charge in [0.25, 0.3) is 0 Å². The first-order valence-electron chi connectivity index (χ1n) is 10.2. The molecule has 2 aromatic carbocycles. The summed E-state index contributed by atoms with van der Waals surface area (Å²) in [4.78, 5) is 11.8. The summed E-state index contributed by atoms with van der Waals surface area (Å²) in [6.07, 6.45) is 4.93. The molecule has 1 N–H and O–H groups in total. The van der Waals surface area contributed by atoms with Gasteiger partial charge in [0.05, 0.1) is 32.4 Å². The fourth-order valence-corrected chi connectivity index (χ4v) is 3.23. The lowest BCUT2D eigenvalue weighted by atomic mass is 10.1. The highest BCUT2D eigenvalue weighted by molar-refractivity contribution is 5.82. The number of fused-ring (bicyclic) bond motifs is 1. The number of rotatable bonds is 10. The maximum absolute atomic E-state index is 5.45. The van der Waals surface area contributed by atoms with Crippen LogP contribution in [0.1, 0.15) is 17.7 Å². The fraction of sp³-hybridized carbons (Fsp3) is 0.333. The number of para-hydroxylation sites is 2. The van der Waals surface area contributed by atoms with Crippen LogP contribution in [0.5, 0.6) is 17.2 Å². The Kier molecular flexibility index (Phi) is 7.67. The van der Waals surface area contributed by atoms with Crippen molar-refractivity contribution in [1.82, 2.24) is 14.9 Å². The van der Waals surface area contributed by atoms with Crippen LogP contribution in [-0.2, 0) is 0 Å². The Morgan fingerprint density at radius 2 is 1.55 bits per heavy atom. The summed E-state index contributed by atoms with van der Waals surface area (Å²) in [5.41, 5.74) is 3.40. The third-order valence-corrected chi connectivity index (χ3v) is 4.79. The largest absolute Gasteiger partial charge is 0.493 e. The number of aromatic nitrogens is 2. The van der Waals surface area contributed by atoms with Crippen molar-refractivity contribution in [1.29, 1.82) is 0 Å². The normalized spacial score (nSPS) is 11.3. The molecule has 3 aromatic rings. The summed E-state index contributed by atoms with van der Waals surface area (Å²) in [5.74, 6) is 2.54. The Hall–Kier alpha value is -3.32. The van der Waals surface area contributed by atoms with Crippen molar-refractivity contribution >= 4 is 29.0 Å². The van der Waals surface area contributed by atoms with Gasteiger partial charge in [-0.25, -0.2) is 9.97 Å².